The number of aromatic nitrogens is 1. The average molecular weight is 175 g/mol. The molecule has 1 aromatic carbocycles. The van der Waals surface area contributed by atoms with Crippen molar-refractivity contribution in [2.45, 2.75) is 20.0 Å². The van der Waals surface area contributed by atoms with E-state index in [0.717, 1.165) is 16.6 Å². The van der Waals surface area contributed by atoms with E-state index >= 15 is 0 Å². The topological polar surface area (TPSA) is 36.0 Å². The molecule has 0 saturated heterocycles. The minimum absolute atomic E-state index is 0.424. The van der Waals surface area contributed by atoms with E-state index in [9.17, 15) is 5.11 Å². The summed E-state index contributed by atoms with van der Waals surface area (Å²) in [6, 6.07) is 8.12. The van der Waals surface area contributed by atoms with Crippen LogP contribution in [0.4, 0.5) is 0 Å². The van der Waals surface area contributed by atoms with Crippen molar-refractivity contribution in [1.29, 1.82) is 0 Å². The maximum absolute atomic E-state index is 9.38. The number of benzene rings is 1. The molecule has 0 fully saturated rings. The molecule has 1 aromatic heterocycles. The van der Waals surface area contributed by atoms with Gasteiger partial charge in [0.2, 0.25) is 0 Å². The zero-order valence-electron chi connectivity index (χ0n) is 7.83. The lowest BCUT2D eigenvalue weighted by molar-refractivity contribution is 0.195. The number of hydrogen-bond acceptors (Lipinski definition) is 1. The van der Waals surface area contributed by atoms with Crippen molar-refractivity contribution in [2.24, 2.45) is 0 Å². The van der Waals surface area contributed by atoms with E-state index in [0.29, 0.717) is 0 Å². The molecule has 68 valence electrons. The molecule has 2 heteroatoms. The largest absolute Gasteiger partial charge is 0.387 e. The first kappa shape index (κ1) is 8.32. The zero-order valence-corrected chi connectivity index (χ0v) is 7.83. The Kier molecular flexibility index (Phi) is 1.85. The fraction of sp³-hybridized carbons (Fsp3) is 0.273. The molecular formula is C11H13NO. The highest BCUT2D eigenvalue weighted by atomic mass is 16.3. The molecule has 0 amide bonds. The quantitative estimate of drug-likeness (QED) is 0.686. The molecule has 0 saturated carbocycles. The minimum atomic E-state index is -0.424. The summed E-state index contributed by atoms with van der Waals surface area (Å²) in [6.45, 7) is 3.82. The fourth-order valence-corrected chi connectivity index (χ4v) is 1.55. The number of aromatic amines is 1. The Morgan fingerprint density at radius 3 is 2.77 bits per heavy atom. The van der Waals surface area contributed by atoms with Crippen molar-refractivity contribution in [3.63, 3.8) is 0 Å². The average Bonchev–Trinajstić information content (AvgIpc) is 2.49. The van der Waals surface area contributed by atoms with Crippen molar-refractivity contribution in [3.8, 4) is 0 Å². The summed E-state index contributed by atoms with van der Waals surface area (Å²) in [7, 11) is 0. The number of aryl methyl sites for hydroxylation is 1. The van der Waals surface area contributed by atoms with Crippen LogP contribution in [0.1, 0.15) is 24.3 Å². The van der Waals surface area contributed by atoms with E-state index in [4.69, 9.17) is 0 Å². The number of aliphatic hydroxyl groups excluding tert-OH is 1. The van der Waals surface area contributed by atoms with Gasteiger partial charge >= 0.3 is 0 Å². The molecule has 0 aliphatic rings. The van der Waals surface area contributed by atoms with Crippen LogP contribution in [0.15, 0.2) is 24.3 Å². The molecule has 1 heterocycles. The van der Waals surface area contributed by atoms with Gasteiger partial charge in [0.1, 0.15) is 0 Å². The Balaban J connectivity index is 2.68. The zero-order chi connectivity index (χ0) is 9.42. The van der Waals surface area contributed by atoms with Gasteiger partial charge < -0.3 is 10.1 Å². The summed E-state index contributed by atoms with van der Waals surface area (Å²) in [5, 5.41) is 10.5. The Hall–Kier alpha value is -1.28. The molecule has 13 heavy (non-hydrogen) atoms. The maximum Gasteiger partial charge on any atom is 0.0910 e. The lowest BCUT2D eigenvalue weighted by Crippen LogP contribution is -1.89. The van der Waals surface area contributed by atoms with E-state index in [2.05, 4.69) is 18.0 Å². The highest BCUT2D eigenvalue weighted by molar-refractivity contribution is 5.83. The van der Waals surface area contributed by atoms with Crippen LogP contribution in [-0.4, -0.2) is 10.1 Å². The molecule has 2 rings (SSSR count). The molecule has 0 aliphatic carbocycles. The van der Waals surface area contributed by atoms with Gasteiger partial charge in [-0.2, -0.15) is 0 Å². The molecule has 0 spiro atoms. The highest BCUT2D eigenvalue weighted by Crippen LogP contribution is 2.21. The van der Waals surface area contributed by atoms with Crippen LogP contribution in [0.25, 0.3) is 10.9 Å². The Morgan fingerprint density at radius 1 is 1.38 bits per heavy atom. The van der Waals surface area contributed by atoms with Crippen LogP contribution in [0.3, 0.4) is 0 Å². The predicted molar refractivity (Wildman–Crippen MR) is 53.7 cm³/mol. The van der Waals surface area contributed by atoms with Gasteiger partial charge in [0.05, 0.1) is 6.10 Å². The summed E-state index contributed by atoms with van der Waals surface area (Å²) < 4.78 is 0. The Labute approximate surface area is 77.2 Å². The van der Waals surface area contributed by atoms with Crippen LogP contribution < -0.4 is 0 Å². The number of hydrogen-bond donors (Lipinski definition) is 2. The van der Waals surface area contributed by atoms with E-state index in [1.54, 1.807) is 6.92 Å². The lowest BCUT2D eigenvalue weighted by Gasteiger charge is -1.98. The first-order valence-corrected chi connectivity index (χ1v) is 4.45. The van der Waals surface area contributed by atoms with Crippen molar-refractivity contribution in [3.05, 3.63) is 35.5 Å². The molecule has 2 aromatic rings. The normalized spacial score (nSPS) is 13.5. The van der Waals surface area contributed by atoms with Gasteiger partial charge in [-0.3, -0.25) is 0 Å². The molecule has 1 unspecified atom stereocenters. The van der Waals surface area contributed by atoms with Gasteiger partial charge in [-0.1, -0.05) is 18.2 Å². The van der Waals surface area contributed by atoms with Gasteiger partial charge in [-0.05, 0) is 25.5 Å². The summed E-state index contributed by atoms with van der Waals surface area (Å²) in [6.07, 6.45) is -0.424. The summed E-state index contributed by atoms with van der Waals surface area (Å²) in [5.41, 5.74) is 3.21. The lowest BCUT2D eigenvalue weighted by atomic mass is 10.2. The van der Waals surface area contributed by atoms with E-state index in [-0.39, 0.29) is 0 Å². The maximum atomic E-state index is 9.38. The van der Waals surface area contributed by atoms with Crippen molar-refractivity contribution < 1.29 is 5.11 Å². The second-order valence-corrected chi connectivity index (χ2v) is 3.44. The van der Waals surface area contributed by atoms with Gasteiger partial charge in [-0.25, -0.2) is 0 Å². The van der Waals surface area contributed by atoms with E-state index < -0.39 is 6.10 Å². The van der Waals surface area contributed by atoms with Crippen LogP contribution in [0, 0.1) is 6.92 Å². The second-order valence-electron chi connectivity index (χ2n) is 3.44. The third kappa shape index (κ3) is 1.33. The SMILES string of the molecule is Cc1cccc2cc(C(C)O)[nH]c12. The fourth-order valence-electron chi connectivity index (χ4n) is 1.55. The third-order valence-corrected chi connectivity index (χ3v) is 2.34. The molecule has 1 atom stereocenters. The van der Waals surface area contributed by atoms with Crippen LogP contribution in [-0.2, 0) is 0 Å². The van der Waals surface area contributed by atoms with Gasteiger partial charge in [-0.15, -0.1) is 0 Å². The third-order valence-electron chi connectivity index (χ3n) is 2.34. The van der Waals surface area contributed by atoms with E-state index in [1.165, 1.54) is 5.56 Å². The second kappa shape index (κ2) is 2.89. The number of aliphatic hydroxyl groups is 1. The van der Waals surface area contributed by atoms with Gasteiger partial charge in [0.25, 0.3) is 0 Å². The van der Waals surface area contributed by atoms with Crippen molar-refractivity contribution >= 4 is 10.9 Å². The van der Waals surface area contributed by atoms with Gasteiger partial charge in [0.15, 0.2) is 0 Å². The van der Waals surface area contributed by atoms with Crippen LogP contribution >= 0.6 is 0 Å². The van der Waals surface area contributed by atoms with Crippen molar-refractivity contribution in [1.82, 2.24) is 4.98 Å². The van der Waals surface area contributed by atoms with E-state index in [1.807, 2.05) is 18.2 Å². The van der Waals surface area contributed by atoms with Gasteiger partial charge in [0, 0.05) is 16.6 Å². The number of fused-ring (bicyclic) bond motifs is 1. The van der Waals surface area contributed by atoms with Crippen LogP contribution in [0.5, 0.6) is 0 Å². The Morgan fingerprint density at radius 2 is 2.15 bits per heavy atom. The predicted octanol–water partition coefficient (Wildman–Crippen LogP) is 2.53. The Bertz CT molecular complexity index is 429. The van der Waals surface area contributed by atoms with Crippen molar-refractivity contribution in [2.75, 3.05) is 0 Å². The first-order chi connectivity index (χ1) is 6.18. The molecular weight excluding hydrogens is 162 g/mol. The first-order valence-electron chi connectivity index (χ1n) is 4.45. The molecule has 0 aliphatic heterocycles. The number of rotatable bonds is 1. The number of H-pyrrole nitrogens is 1. The molecule has 0 bridgehead atoms. The molecule has 2 nitrogen and oxygen atoms in total. The monoisotopic (exact) mass is 175 g/mol. The standard InChI is InChI=1S/C11H13NO/c1-7-4-3-5-9-6-10(8(2)13)12-11(7)9/h3-6,8,12-13H,1-2H3. The summed E-state index contributed by atoms with van der Waals surface area (Å²) in [5.74, 6) is 0. The number of nitrogens with one attached hydrogen (secondary N) is 1. The highest BCUT2D eigenvalue weighted by Gasteiger charge is 2.05. The minimum Gasteiger partial charge on any atom is -0.387 e. The molecule has 0 radical (unpaired) electrons. The smallest absolute Gasteiger partial charge is 0.0910 e. The summed E-state index contributed by atoms with van der Waals surface area (Å²) >= 11 is 0. The molecule has 2 N–H and O–H groups in total. The summed E-state index contributed by atoms with van der Waals surface area (Å²) in [4.78, 5) is 3.21. The number of para-hydroxylation sites is 1. The van der Waals surface area contributed by atoms with Crippen LogP contribution in [0.2, 0.25) is 0 Å².